The molecule has 0 aromatic carbocycles. The number of carbonyl (C=O) groups is 3. The summed E-state index contributed by atoms with van der Waals surface area (Å²) in [6.07, 6.45) is 0. The smallest absolute Gasteiger partial charge is 0.327 e. The normalized spacial score (nSPS) is 20.7. The average Bonchev–Trinajstić information content (AvgIpc) is 2.62. The lowest BCUT2D eigenvalue weighted by molar-refractivity contribution is -0.155. The molecule has 1 aliphatic heterocycles. The lowest BCUT2D eigenvalue weighted by atomic mass is 10.00. The minimum Gasteiger partial charge on any atom is -0.480 e. The van der Waals surface area contributed by atoms with Crippen molar-refractivity contribution in [1.82, 2.24) is 20.4 Å². The van der Waals surface area contributed by atoms with Gasteiger partial charge in [0.2, 0.25) is 11.8 Å². The number of hydrogen-bond acceptors (Lipinski definition) is 6. The molecule has 0 aromatic rings. The molecule has 1 rings (SSSR count). The van der Waals surface area contributed by atoms with Crippen molar-refractivity contribution < 1.29 is 24.2 Å². The van der Waals surface area contributed by atoms with Gasteiger partial charge >= 0.3 is 5.97 Å². The van der Waals surface area contributed by atoms with E-state index in [2.05, 4.69) is 10.6 Å². The van der Waals surface area contributed by atoms with E-state index < -0.39 is 24.1 Å². The Hall–Kier alpha value is -1.71. The lowest BCUT2D eigenvalue weighted by Gasteiger charge is -2.41. The summed E-state index contributed by atoms with van der Waals surface area (Å²) < 4.78 is 5.04. The van der Waals surface area contributed by atoms with Crippen LogP contribution in [-0.2, 0) is 19.1 Å². The van der Waals surface area contributed by atoms with Crippen LogP contribution in [0.4, 0.5) is 0 Å². The van der Waals surface area contributed by atoms with Gasteiger partial charge < -0.3 is 25.4 Å². The molecule has 2 amide bonds. The van der Waals surface area contributed by atoms with Crippen molar-refractivity contribution in [3.8, 4) is 0 Å². The van der Waals surface area contributed by atoms with Crippen LogP contribution in [0.3, 0.4) is 0 Å². The third-order valence-corrected chi connectivity index (χ3v) is 4.70. The van der Waals surface area contributed by atoms with E-state index in [0.717, 1.165) is 0 Å². The van der Waals surface area contributed by atoms with Crippen molar-refractivity contribution in [3.05, 3.63) is 0 Å². The van der Waals surface area contributed by atoms with Crippen molar-refractivity contribution in [3.63, 3.8) is 0 Å². The number of carbonyl (C=O) groups excluding carboxylic acids is 2. The van der Waals surface area contributed by atoms with E-state index in [1.807, 2.05) is 18.7 Å². The number of nitrogens with one attached hydrogen (secondary N) is 2. The Morgan fingerprint density at radius 1 is 1.23 bits per heavy atom. The summed E-state index contributed by atoms with van der Waals surface area (Å²) in [4.78, 5) is 40.2. The highest BCUT2D eigenvalue weighted by Gasteiger charge is 2.39. The first-order valence-corrected chi connectivity index (χ1v) is 8.95. The van der Waals surface area contributed by atoms with Gasteiger partial charge in [-0.25, -0.2) is 4.79 Å². The van der Waals surface area contributed by atoms with Crippen molar-refractivity contribution in [2.75, 3.05) is 46.9 Å². The number of rotatable bonds is 9. The Morgan fingerprint density at radius 2 is 1.88 bits per heavy atom. The number of piperazine rings is 1. The molecular formula is C17H32N4O5. The van der Waals surface area contributed by atoms with Gasteiger partial charge in [-0.1, -0.05) is 13.8 Å². The monoisotopic (exact) mass is 372 g/mol. The van der Waals surface area contributed by atoms with Crippen LogP contribution in [0.5, 0.6) is 0 Å². The molecule has 3 N–H and O–H groups in total. The minimum atomic E-state index is -1.04. The molecule has 0 saturated carbocycles. The third-order valence-electron chi connectivity index (χ3n) is 4.70. The highest BCUT2D eigenvalue weighted by atomic mass is 16.5. The van der Waals surface area contributed by atoms with Crippen LogP contribution < -0.4 is 10.6 Å². The second-order valence-corrected chi connectivity index (χ2v) is 6.92. The van der Waals surface area contributed by atoms with E-state index in [4.69, 9.17) is 4.74 Å². The van der Waals surface area contributed by atoms with Crippen LogP contribution in [-0.4, -0.2) is 97.8 Å². The number of amides is 2. The van der Waals surface area contributed by atoms with Crippen LogP contribution in [0.25, 0.3) is 0 Å². The predicted molar refractivity (Wildman–Crippen MR) is 96.7 cm³/mol. The minimum absolute atomic E-state index is 0.156. The van der Waals surface area contributed by atoms with Crippen molar-refractivity contribution in [2.45, 2.75) is 38.9 Å². The molecule has 1 aliphatic rings. The topological polar surface area (TPSA) is 111 Å². The van der Waals surface area contributed by atoms with Gasteiger partial charge in [0, 0.05) is 33.3 Å². The summed E-state index contributed by atoms with van der Waals surface area (Å²) in [7, 11) is 3.26. The number of aliphatic carboxylic acids is 1. The molecule has 1 saturated heterocycles. The molecule has 3 atom stereocenters. The van der Waals surface area contributed by atoms with Gasteiger partial charge in [0.15, 0.2) is 0 Å². The quantitative estimate of drug-likeness (QED) is 0.475. The lowest BCUT2D eigenvalue weighted by Crippen LogP contribution is -2.63. The fourth-order valence-electron chi connectivity index (χ4n) is 2.84. The van der Waals surface area contributed by atoms with Gasteiger partial charge in [0.05, 0.1) is 12.6 Å². The molecule has 1 fully saturated rings. The first-order valence-electron chi connectivity index (χ1n) is 8.95. The molecule has 1 heterocycles. The number of carboxylic acid groups (broad SMARTS) is 1. The maximum absolute atomic E-state index is 13.0. The number of methoxy groups -OCH3 is 1. The summed E-state index contributed by atoms with van der Waals surface area (Å²) >= 11 is 0. The van der Waals surface area contributed by atoms with Crippen LogP contribution >= 0.6 is 0 Å². The zero-order valence-electron chi connectivity index (χ0n) is 16.3. The third kappa shape index (κ3) is 5.93. The van der Waals surface area contributed by atoms with Gasteiger partial charge in [0.25, 0.3) is 0 Å². The second kappa shape index (κ2) is 10.4. The zero-order valence-corrected chi connectivity index (χ0v) is 16.3. The standard InChI is InChI=1S/C17H32N4O5/c1-11(2)14(19-15(22)12(3)18-4)16(23)21-7-6-20(8-9-26-5)10-13(21)17(24)25/h11-14,18H,6-10H2,1-5H3,(H,19,22)(H,24,25)/t12-,13-,14-/m0/s1. The Labute approximate surface area is 155 Å². The maximum Gasteiger partial charge on any atom is 0.327 e. The molecule has 0 aliphatic carbocycles. The molecule has 150 valence electrons. The van der Waals surface area contributed by atoms with Crippen LogP contribution in [0.1, 0.15) is 20.8 Å². The maximum atomic E-state index is 13.0. The molecule has 9 nitrogen and oxygen atoms in total. The highest BCUT2D eigenvalue weighted by molar-refractivity contribution is 5.92. The molecule has 0 bridgehead atoms. The van der Waals surface area contributed by atoms with Gasteiger partial charge in [-0.05, 0) is 19.9 Å². The van der Waals surface area contributed by atoms with Gasteiger partial charge in [-0.15, -0.1) is 0 Å². The largest absolute Gasteiger partial charge is 0.480 e. The SMILES string of the molecule is CN[C@@H](C)C(=O)N[C@H](C(=O)N1CCN(CCOC)C[C@H]1C(=O)O)C(C)C. The molecule has 0 radical (unpaired) electrons. The Kier molecular flexibility index (Phi) is 8.97. The Bertz CT molecular complexity index is 500. The van der Waals surface area contributed by atoms with Crippen LogP contribution in [0, 0.1) is 5.92 Å². The van der Waals surface area contributed by atoms with Gasteiger partial charge in [-0.2, -0.15) is 0 Å². The van der Waals surface area contributed by atoms with E-state index in [-0.39, 0.29) is 24.3 Å². The fourth-order valence-corrected chi connectivity index (χ4v) is 2.84. The van der Waals surface area contributed by atoms with Crippen LogP contribution in [0.15, 0.2) is 0 Å². The highest BCUT2D eigenvalue weighted by Crippen LogP contribution is 2.15. The van der Waals surface area contributed by atoms with Gasteiger partial charge in [-0.3, -0.25) is 14.5 Å². The fraction of sp³-hybridized carbons (Fsp3) is 0.824. The van der Waals surface area contributed by atoms with Gasteiger partial charge in [0.1, 0.15) is 12.1 Å². The molecule has 26 heavy (non-hydrogen) atoms. The van der Waals surface area contributed by atoms with E-state index in [0.29, 0.717) is 26.2 Å². The molecule has 0 unspecified atom stereocenters. The zero-order chi connectivity index (χ0) is 19.9. The molecule has 9 heteroatoms. The molecule has 0 aromatic heterocycles. The van der Waals surface area contributed by atoms with Crippen LogP contribution in [0.2, 0.25) is 0 Å². The Morgan fingerprint density at radius 3 is 2.38 bits per heavy atom. The summed E-state index contributed by atoms with van der Waals surface area (Å²) in [5, 5.41) is 15.2. The summed E-state index contributed by atoms with van der Waals surface area (Å²) in [6, 6.07) is -2.14. The second-order valence-electron chi connectivity index (χ2n) is 6.92. The number of ether oxygens (including phenoxy) is 1. The number of likely N-dealkylation sites (N-methyl/N-ethyl adjacent to an activating group) is 1. The first kappa shape index (κ1) is 22.3. The van der Waals surface area contributed by atoms with Crippen molar-refractivity contribution in [2.24, 2.45) is 5.92 Å². The summed E-state index contributed by atoms with van der Waals surface area (Å²) in [5.41, 5.74) is 0. The number of nitrogens with zero attached hydrogens (tertiary/aromatic N) is 2. The number of carboxylic acids is 1. The summed E-state index contributed by atoms with van der Waals surface area (Å²) in [6.45, 7) is 7.61. The predicted octanol–water partition coefficient (Wildman–Crippen LogP) is -1.02. The van der Waals surface area contributed by atoms with E-state index in [9.17, 15) is 19.5 Å². The van der Waals surface area contributed by atoms with E-state index in [1.54, 1.807) is 21.1 Å². The first-order chi connectivity index (χ1) is 12.2. The number of hydrogen-bond donors (Lipinski definition) is 3. The Balaban J connectivity index is 2.88. The van der Waals surface area contributed by atoms with Crippen molar-refractivity contribution >= 4 is 17.8 Å². The van der Waals surface area contributed by atoms with E-state index >= 15 is 0 Å². The molecule has 0 spiro atoms. The van der Waals surface area contributed by atoms with Crippen molar-refractivity contribution in [1.29, 1.82) is 0 Å². The average molecular weight is 372 g/mol. The van der Waals surface area contributed by atoms with E-state index in [1.165, 1.54) is 4.90 Å². The molecular weight excluding hydrogens is 340 g/mol. The summed E-state index contributed by atoms with van der Waals surface area (Å²) in [5.74, 6) is -1.84.